The van der Waals surface area contributed by atoms with Gasteiger partial charge >= 0.3 is 0 Å². The number of nitrogens with one attached hydrogen (secondary N) is 2. The summed E-state index contributed by atoms with van der Waals surface area (Å²) in [4.78, 5) is 25.3. The molecule has 0 spiro atoms. The molecule has 3 rings (SSSR count). The van der Waals surface area contributed by atoms with Gasteiger partial charge in [0.15, 0.2) is 0 Å². The maximum absolute atomic E-state index is 12.7. The Labute approximate surface area is 185 Å². The smallest absolute Gasteiger partial charge is 0.267 e. The van der Waals surface area contributed by atoms with Crippen LogP contribution in [-0.4, -0.2) is 32.1 Å². The van der Waals surface area contributed by atoms with Crippen molar-refractivity contribution >= 4 is 29.5 Å². The van der Waals surface area contributed by atoms with Gasteiger partial charge in [0.05, 0.1) is 5.02 Å². The van der Waals surface area contributed by atoms with Crippen LogP contribution in [0.3, 0.4) is 0 Å². The number of hydrogen-bond acceptors (Lipinski definition) is 4. The van der Waals surface area contributed by atoms with E-state index in [1.165, 1.54) is 6.08 Å². The van der Waals surface area contributed by atoms with E-state index in [0.717, 1.165) is 5.56 Å². The number of methoxy groups -OCH3 is 1. The molecule has 6 nitrogen and oxygen atoms in total. The molecule has 0 atom stereocenters. The van der Waals surface area contributed by atoms with Crippen LogP contribution in [0.2, 0.25) is 5.02 Å². The van der Waals surface area contributed by atoms with E-state index in [-0.39, 0.29) is 5.70 Å². The van der Waals surface area contributed by atoms with E-state index in [0.29, 0.717) is 41.7 Å². The molecule has 0 bridgehead atoms. The van der Waals surface area contributed by atoms with E-state index in [1.54, 1.807) is 49.6 Å². The number of amides is 2. The molecular weight excluding hydrogens is 416 g/mol. The van der Waals surface area contributed by atoms with Gasteiger partial charge in [-0.1, -0.05) is 41.9 Å². The Hall–Kier alpha value is -3.35. The molecule has 0 saturated carbocycles. The second-order valence-corrected chi connectivity index (χ2v) is 7.07. The molecule has 2 aromatic carbocycles. The van der Waals surface area contributed by atoms with Crippen LogP contribution in [-0.2, 0) is 9.53 Å². The Morgan fingerprint density at radius 1 is 1.03 bits per heavy atom. The molecule has 2 amide bonds. The molecule has 1 aromatic heterocycles. The first-order chi connectivity index (χ1) is 15.1. The highest BCUT2D eigenvalue weighted by atomic mass is 35.5. The third-order valence-electron chi connectivity index (χ3n) is 4.39. The lowest BCUT2D eigenvalue weighted by Crippen LogP contribution is -2.35. The first-order valence-electron chi connectivity index (χ1n) is 9.78. The van der Waals surface area contributed by atoms with Gasteiger partial charge in [-0.2, -0.15) is 0 Å². The predicted molar refractivity (Wildman–Crippen MR) is 121 cm³/mol. The predicted octanol–water partition coefficient (Wildman–Crippen LogP) is 4.52. The fourth-order valence-electron chi connectivity index (χ4n) is 2.83. The monoisotopic (exact) mass is 438 g/mol. The lowest BCUT2D eigenvalue weighted by Gasteiger charge is -2.10. The van der Waals surface area contributed by atoms with Gasteiger partial charge in [0.1, 0.15) is 17.2 Å². The first kappa shape index (κ1) is 22.3. The number of hydrogen-bond donors (Lipinski definition) is 2. The number of furan rings is 1. The maximum atomic E-state index is 12.7. The lowest BCUT2D eigenvalue weighted by molar-refractivity contribution is -0.117. The molecule has 3 aromatic rings. The van der Waals surface area contributed by atoms with Crippen LogP contribution >= 0.6 is 11.6 Å². The molecule has 0 radical (unpaired) electrons. The largest absolute Gasteiger partial charge is 0.457 e. The molecule has 0 aliphatic heterocycles. The minimum atomic E-state index is -0.420. The number of rotatable bonds is 9. The van der Waals surface area contributed by atoms with E-state index in [9.17, 15) is 9.59 Å². The molecule has 0 unspecified atom stereocenters. The molecule has 7 heteroatoms. The summed E-state index contributed by atoms with van der Waals surface area (Å²) >= 11 is 6.24. The standard InChI is InChI=1S/C24H23ClN2O4/c1-30-15-7-14-26-24(29)21(27-23(28)17-8-3-2-4-9-17)16-18-12-13-22(31-18)19-10-5-6-11-20(19)25/h2-6,8-13,16H,7,14-15H2,1H3,(H,26,29)(H,27,28)/b21-16-. The van der Waals surface area contributed by atoms with Crippen molar-refractivity contribution in [2.75, 3.05) is 20.3 Å². The van der Waals surface area contributed by atoms with Gasteiger partial charge in [-0.15, -0.1) is 0 Å². The molecule has 160 valence electrons. The van der Waals surface area contributed by atoms with Crippen LogP contribution in [0.4, 0.5) is 0 Å². The Morgan fingerprint density at radius 2 is 1.77 bits per heavy atom. The molecular formula is C24H23ClN2O4. The minimum Gasteiger partial charge on any atom is -0.457 e. The van der Waals surface area contributed by atoms with Gasteiger partial charge in [0, 0.05) is 37.5 Å². The third kappa shape index (κ3) is 6.31. The van der Waals surface area contributed by atoms with Crippen LogP contribution in [0.25, 0.3) is 17.4 Å². The van der Waals surface area contributed by atoms with Gasteiger partial charge in [-0.25, -0.2) is 0 Å². The van der Waals surface area contributed by atoms with Crippen molar-refractivity contribution in [1.82, 2.24) is 10.6 Å². The highest BCUT2D eigenvalue weighted by Gasteiger charge is 2.16. The number of benzene rings is 2. The van der Waals surface area contributed by atoms with Gasteiger partial charge in [0.2, 0.25) is 0 Å². The number of ether oxygens (including phenoxy) is 1. The zero-order chi connectivity index (χ0) is 22.1. The van der Waals surface area contributed by atoms with Crippen LogP contribution in [0.5, 0.6) is 0 Å². The van der Waals surface area contributed by atoms with Crippen LogP contribution in [0, 0.1) is 0 Å². The van der Waals surface area contributed by atoms with E-state index >= 15 is 0 Å². The first-order valence-corrected chi connectivity index (χ1v) is 10.2. The summed E-state index contributed by atoms with van der Waals surface area (Å²) in [6.07, 6.45) is 2.15. The van der Waals surface area contributed by atoms with Crippen molar-refractivity contribution in [1.29, 1.82) is 0 Å². The van der Waals surface area contributed by atoms with Crippen molar-refractivity contribution in [3.05, 3.63) is 88.8 Å². The molecule has 0 aliphatic rings. The second-order valence-electron chi connectivity index (χ2n) is 6.66. The average molecular weight is 439 g/mol. The molecule has 1 heterocycles. The Morgan fingerprint density at radius 3 is 2.52 bits per heavy atom. The highest BCUT2D eigenvalue weighted by Crippen LogP contribution is 2.29. The van der Waals surface area contributed by atoms with E-state index in [2.05, 4.69) is 10.6 Å². The van der Waals surface area contributed by atoms with Gasteiger partial charge < -0.3 is 19.8 Å². The Kier molecular flexibility index (Phi) is 8.04. The lowest BCUT2D eigenvalue weighted by atomic mass is 10.2. The molecule has 0 aliphatic carbocycles. The summed E-state index contributed by atoms with van der Waals surface area (Å²) in [5.41, 5.74) is 1.26. The fourth-order valence-corrected chi connectivity index (χ4v) is 3.06. The number of halogens is 1. The van der Waals surface area contributed by atoms with Crippen LogP contribution in [0.1, 0.15) is 22.5 Å². The topological polar surface area (TPSA) is 80.6 Å². The summed E-state index contributed by atoms with van der Waals surface area (Å²) in [5, 5.41) is 6.01. The van der Waals surface area contributed by atoms with E-state index < -0.39 is 11.8 Å². The zero-order valence-electron chi connectivity index (χ0n) is 17.1. The van der Waals surface area contributed by atoms with Crippen LogP contribution < -0.4 is 10.6 Å². The SMILES string of the molecule is COCCCNC(=O)/C(=C/c1ccc(-c2ccccc2Cl)o1)NC(=O)c1ccccc1. The summed E-state index contributed by atoms with van der Waals surface area (Å²) in [6.45, 7) is 0.934. The van der Waals surface area contributed by atoms with E-state index in [4.69, 9.17) is 20.8 Å². The van der Waals surface area contributed by atoms with Crippen molar-refractivity contribution in [3.63, 3.8) is 0 Å². The van der Waals surface area contributed by atoms with Gasteiger partial charge in [0.25, 0.3) is 11.8 Å². The minimum absolute atomic E-state index is 0.0753. The number of carbonyl (C=O) groups excluding carboxylic acids is 2. The van der Waals surface area contributed by atoms with Gasteiger partial charge in [-0.3, -0.25) is 9.59 Å². The normalized spacial score (nSPS) is 11.2. The summed E-state index contributed by atoms with van der Waals surface area (Å²) in [7, 11) is 1.60. The second kappa shape index (κ2) is 11.2. The van der Waals surface area contributed by atoms with Gasteiger partial charge in [-0.05, 0) is 42.8 Å². The Bertz CT molecular complexity index is 1060. The van der Waals surface area contributed by atoms with Crippen molar-refractivity contribution in [3.8, 4) is 11.3 Å². The Balaban J connectivity index is 1.83. The summed E-state index contributed by atoms with van der Waals surface area (Å²) in [5.74, 6) is 0.157. The van der Waals surface area contributed by atoms with Crippen molar-refractivity contribution in [2.45, 2.75) is 6.42 Å². The van der Waals surface area contributed by atoms with Crippen molar-refractivity contribution in [2.24, 2.45) is 0 Å². The zero-order valence-corrected chi connectivity index (χ0v) is 17.8. The van der Waals surface area contributed by atoms with Crippen LogP contribution in [0.15, 0.2) is 76.8 Å². The van der Waals surface area contributed by atoms with E-state index in [1.807, 2.05) is 24.3 Å². The fraction of sp³-hybridized carbons (Fsp3) is 0.167. The molecule has 31 heavy (non-hydrogen) atoms. The third-order valence-corrected chi connectivity index (χ3v) is 4.72. The summed E-state index contributed by atoms with van der Waals surface area (Å²) < 4.78 is 10.8. The average Bonchev–Trinajstić information content (AvgIpc) is 3.25. The highest BCUT2D eigenvalue weighted by molar-refractivity contribution is 6.33. The molecule has 2 N–H and O–H groups in total. The number of carbonyl (C=O) groups is 2. The maximum Gasteiger partial charge on any atom is 0.267 e. The summed E-state index contributed by atoms with van der Waals surface area (Å²) in [6, 6.07) is 19.5. The molecule has 0 fully saturated rings. The van der Waals surface area contributed by atoms with Crippen molar-refractivity contribution < 1.29 is 18.7 Å². The quantitative estimate of drug-likeness (QED) is 0.380. The molecule has 0 saturated heterocycles.